The molecule has 4 heteroatoms. The van der Waals surface area contributed by atoms with Gasteiger partial charge in [-0.25, -0.2) is 0 Å². The van der Waals surface area contributed by atoms with Gasteiger partial charge in [0.1, 0.15) is 16.7 Å². The van der Waals surface area contributed by atoms with E-state index in [4.69, 9.17) is 27.9 Å². The van der Waals surface area contributed by atoms with Crippen LogP contribution in [0.1, 0.15) is 17.2 Å². The zero-order valence-corrected chi connectivity index (χ0v) is 9.51. The first kappa shape index (κ1) is 11.6. The highest BCUT2D eigenvalue weighted by atomic mass is 35.5. The molecule has 78 valence electrons. The van der Waals surface area contributed by atoms with Crippen molar-refractivity contribution in [2.75, 3.05) is 7.11 Å². The number of ether oxygens (including phenoxy) is 1. The van der Waals surface area contributed by atoms with Crippen molar-refractivity contribution in [3.63, 3.8) is 0 Å². The van der Waals surface area contributed by atoms with E-state index in [0.717, 1.165) is 5.56 Å². The average Bonchev–Trinajstić information content (AvgIpc) is 2.16. The van der Waals surface area contributed by atoms with Gasteiger partial charge in [0.2, 0.25) is 0 Å². The Hall–Kier alpha value is -0.440. The molecule has 0 aromatic heterocycles. The third-order valence-corrected chi connectivity index (χ3v) is 2.42. The Labute approximate surface area is 93.4 Å². The smallest absolute Gasteiger partial charge is 0.137 e. The first-order valence-electron chi connectivity index (χ1n) is 4.17. The highest BCUT2D eigenvalue weighted by molar-refractivity contribution is 6.44. The number of hydrogen-bond donors (Lipinski definition) is 1. The van der Waals surface area contributed by atoms with Gasteiger partial charge in [-0.1, -0.05) is 11.6 Å². The minimum absolute atomic E-state index is 0.592. The zero-order chi connectivity index (χ0) is 10.7. The highest BCUT2D eigenvalue weighted by Gasteiger charge is 2.19. The first-order valence-corrected chi connectivity index (χ1v) is 5.04. The second kappa shape index (κ2) is 4.87. The van der Waals surface area contributed by atoms with E-state index in [-0.39, 0.29) is 0 Å². The summed E-state index contributed by atoms with van der Waals surface area (Å²) in [5.74, 6) is 0.592. The van der Waals surface area contributed by atoms with Crippen molar-refractivity contribution in [2.45, 2.75) is 17.9 Å². The lowest BCUT2D eigenvalue weighted by molar-refractivity contribution is 0.188. The van der Waals surface area contributed by atoms with Gasteiger partial charge in [-0.15, -0.1) is 23.2 Å². The van der Waals surface area contributed by atoms with Gasteiger partial charge in [0, 0.05) is 5.56 Å². The quantitative estimate of drug-likeness (QED) is 0.816. The van der Waals surface area contributed by atoms with Crippen molar-refractivity contribution in [3.8, 4) is 5.75 Å². The lowest BCUT2D eigenvalue weighted by Gasteiger charge is -2.15. The molecule has 1 aromatic carbocycles. The molecule has 0 aliphatic carbocycles. The van der Waals surface area contributed by atoms with E-state index in [1.54, 1.807) is 19.2 Å². The fraction of sp³-hybridized carbons (Fsp3) is 0.400. The van der Waals surface area contributed by atoms with Crippen molar-refractivity contribution in [3.05, 3.63) is 29.3 Å². The number of halogens is 2. The maximum atomic E-state index is 9.69. The Morgan fingerprint density at radius 2 is 2.00 bits per heavy atom. The van der Waals surface area contributed by atoms with Crippen LogP contribution in [0.2, 0.25) is 0 Å². The Kier molecular flexibility index (Phi) is 4.05. The van der Waals surface area contributed by atoms with Gasteiger partial charge >= 0.3 is 0 Å². The Morgan fingerprint density at radius 1 is 1.36 bits per heavy atom. The maximum absolute atomic E-state index is 9.69. The molecule has 0 saturated carbocycles. The minimum atomic E-state index is -0.923. The summed E-state index contributed by atoms with van der Waals surface area (Å²) in [5.41, 5.74) is 1.64. The molecule has 1 aromatic rings. The van der Waals surface area contributed by atoms with E-state index in [1.165, 1.54) is 0 Å². The number of aliphatic hydroxyl groups is 1. The number of methoxy groups -OCH3 is 1. The molecule has 2 nitrogen and oxygen atoms in total. The largest absolute Gasteiger partial charge is 0.496 e. The minimum Gasteiger partial charge on any atom is -0.496 e. The molecule has 0 saturated heterocycles. The highest BCUT2D eigenvalue weighted by Crippen LogP contribution is 2.31. The predicted molar refractivity (Wildman–Crippen MR) is 58.2 cm³/mol. The lowest BCUT2D eigenvalue weighted by atomic mass is 10.1. The molecule has 0 bridgehead atoms. The zero-order valence-electron chi connectivity index (χ0n) is 8.00. The fourth-order valence-corrected chi connectivity index (χ4v) is 1.49. The van der Waals surface area contributed by atoms with Crippen molar-refractivity contribution < 1.29 is 9.84 Å². The van der Waals surface area contributed by atoms with E-state index >= 15 is 0 Å². The summed E-state index contributed by atoms with van der Waals surface area (Å²) in [4.78, 5) is -0.856. The fourth-order valence-electron chi connectivity index (χ4n) is 1.22. The summed E-state index contributed by atoms with van der Waals surface area (Å²) in [6, 6.07) is 5.48. The molecule has 0 fully saturated rings. The van der Waals surface area contributed by atoms with Gasteiger partial charge in [0.05, 0.1) is 7.11 Å². The molecule has 1 unspecified atom stereocenters. The number of alkyl halides is 2. The van der Waals surface area contributed by atoms with Crippen LogP contribution in [0, 0.1) is 6.92 Å². The monoisotopic (exact) mass is 234 g/mol. The normalized spacial score (nSPS) is 13.0. The molecule has 1 atom stereocenters. The number of aliphatic hydroxyl groups excluding tert-OH is 1. The van der Waals surface area contributed by atoms with Crippen LogP contribution in [0.15, 0.2) is 18.2 Å². The Balaban J connectivity index is 3.10. The van der Waals surface area contributed by atoms with Gasteiger partial charge in [0.15, 0.2) is 0 Å². The molecule has 14 heavy (non-hydrogen) atoms. The van der Waals surface area contributed by atoms with Gasteiger partial charge in [-0.3, -0.25) is 0 Å². The van der Waals surface area contributed by atoms with Crippen LogP contribution in [-0.2, 0) is 0 Å². The van der Waals surface area contributed by atoms with Crippen LogP contribution in [0.5, 0.6) is 5.75 Å². The maximum Gasteiger partial charge on any atom is 0.137 e. The molecule has 0 aliphatic heterocycles. The molecular formula is C10H12Cl2O2. The third-order valence-electron chi connectivity index (χ3n) is 1.94. The second-order valence-corrected chi connectivity index (χ2v) is 4.19. The van der Waals surface area contributed by atoms with Crippen molar-refractivity contribution in [1.29, 1.82) is 0 Å². The van der Waals surface area contributed by atoms with E-state index in [0.29, 0.717) is 11.3 Å². The van der Waals surface area contributed by atoms with E-state index in [9.17, 15) is 5.11 Å². The first-order chi connectivity index (χ1) is 6.56. The topological polar surface area (TPSA) is 29.5 Å². The SMILES string of the molecule is COc1ccc(C)cc1C(O)C(Cl)Cl. The van der Waals surface area contributed by atoms with E-state index in [1.807, 2.05) is 13.0 Å². The Morgan fingerprint density at radius 3 is 2.50 bits per heavy atom. The van der Waals surface area contributed by atoms with E-state index < -0.39 is 10.9 Å². The molecule has 0 amide bonds. The van der Waals surface area contributed by atoms with Gasteiger partial charge < -0.3 is 9.84 Å². The van der Waals surface area contributed by atoms with Gasteiger partial charge in [-0.2, -0.15) is 0 Å². The van der Waals surface area contributed by atoms with Crippen molar-refractivity contribution >= 4 is 23.2 Å². The number of benzene rings is 1. The van der Waals surface area contributed by atoms with Crippen molar-refractivity contribution in [2.24, 2.45) is 0 Å². The molecule has 1 rings (SSSR count). The summed E-state index contributed by atoms with van der Waals surface area (Å²) >= 11 is 11.2. The van der Waals surface area contributed by atoms with Crippen LogP contribution in [-0.4, -0.2) is 17.1 Å². The van der Waals surface area contributed by atoms with Crippen LogP contribution >= 0.6 is 23.2 Å². The van der Waals surface area contributed by atoms with E-state index in [2.05, 4.69) is 0 Å². The summed E-state index contributed by atoms with van der Waals surface area (Å²) in [5, 5.41) is 9.69. The summed E-state index contributed by atoms with van der Waals surface area (Å²) in [6.45, 7) is 1.92. The number of rotatable bonds is 3. The second-order valence-electron chi connectivity index (χ2n) is 3.02. The molecule has 0 heterocycles. The molecule has 0 radical (unpaired) electrons. The predicted octanol–water partition coefficient (Wildman–Crippen LogP) is 2.84. The molecule has 0 spiro atoms. The molecule has 0 aliphatic rings. The Bertz CT molecular complexity index is 313. The number of aryl methyl sites for hydroxylation is 1. The van der Waals surface area contributed by atoms with Crippen LogP contribution < -0.4 is 4.74 Å². The van der Waals surface area contributed by atoms with Crippen LogP contribution in [0.3, 0.4) is 0 Å². The van der Waals surface area contributed by atoms with Gasteiger partial charge in [0.25, 0.3) is 0 Å². The summed E-state index contributed by atoms with van der Waals surface area (Å²) < 4.78 is 5.09. The third kappa shape index (κ3) is 2.53. The molecular weight excluding hydrogens is 223 g/mol. The average molecular weight is 235 g/mol. The summed E-state index contributed by atoms with van der Waals surface area (Å²) in [7, 11) is 1.54. The standard InChI is InChI=1S/C10H12Cl2O2/c1-6-3-4-8(14-2)7(5-6)9(13)10(11)12/h3-5,9-10,13H,1-2H3. The van der Waals surface area contributed by atoms with Crippen molar-refractivity contribution in [1.82, 2.24) is 0 Å². The number of hydrogen-bond acceptors (Lipinski definition) is 2. The van der Waals surface area contributed by atoms with Gasteiger partial charge in [-0.05, 0) is 19.1 Å². The lowest BCUT2D eigenvalue weighted by Crippen LogP contribution is -2.08. The van der Waals surface area contributed by atoms with Crippen LogP contribution in [0.4, 0.5) is 0 Å². The molecule has 1 N–H and O–H groups in total. The summed E-state index contributed by atoms with van der Waals surface area (Å²) in [6.07, 6.45) is -0.923. The van der Waals surface area contributed by atoms with Crippen LogP contribution in [0.25, 0.3) is 0 Å².